The van der Waals surface area contributed by atoms with Gasteiger partial charge < -0.3 is 10.6 Å². The zero-order valence-electron chi connectivity index (χ0n) is 15.1. The molecule has 6 nitrogen and oxygen atoms in total. The highest BCUT2D eigenvalue weighted by Gasteiger charge is 2.05. The Morgan fingerprint density at radius 3 is 2.74 bits per heavy atom. The molecule has 1 aromatic carbocycles. The van der Waals surface area contributed by atoms with E-state index in [0.29, 0.717) is 10.0 Å². The number of hydrogen-bond acceptors (Lipinski definition) is 3. The largest absolute Gasteiger partial charge is 0.356 e. The van der Waals surface area contributed by atoms with E-state index in [1.54, 1.807) is 13.1 Å². The van der Waals surface area contributed by atoms with E-state index in [1.807, 2.05) is 40.9 Å². The lowest BCUT2D eigenvalue weighted by atomic mass is 10.1. The number of nitrogens with one attached hydrogen (secondary N) is 2. The van der Waals surface area contributed by atoms with Crippen molar-refractivity contribution in [3.8, 4) is 0 Å². The Bertz CT molecular complexity index is 921. The summed E-state index contributed by atoms with van der Waals surface area (Å²) < 4.78 is 1.99. The Morgan fingerprint density at radius 2 is 1.93 bits per heavy atom. The number of aliphatic imine (C=N–C) groups is 1. The minimum Gasteiger partial charge on any atom is -0.356 e. The SMILES string of the molecule is CN=C(NCCCc1ccc(Cl)cc1Cl)NCCc1nnc2ccccn12. The maximum Gasteiger partial charge on any atom is 0.190 e. The third-order valence-electron chi connectivity index (χ3n) is 4.18. The fraction of sp³-hybridized carbons (Fsp3) is 0.316. The fourth-order valence-corrected chi connectivity index (χ4v) is 3.29. The average Bonchev–Trinajstić information content (AvgIpc) is 3.08. The van der Waals surface area contributed by atoms with E-state index in [1.165, 1.54) is 0 Å². The molecule has 0 spiro atoms. The summed E-state index contributed by atoms with van der Waals surface area (Å²) in [6.45, 7) is 1.52. The van der Waals surface area contributed by atoms with Crippen molar-refractivity contribution in [1.82, 2.24) is 25.2 Å². The highest BCUT2D eigenvalue weighted by atomic mass is 35.5. The van der Waals surface area contributed by atoms with Crippen LogP contribution in [-0.4, -0.2) is 40.7 Å². The van der Waals surface area contributed by atoms with Crippen LogP contribution in [0.25, 0.3) is 5.65 Å². The Labute approximate surface area is 168 Å². The third kappa shape index (κ3) is 5.34. The molecule has 0 fully saturated rings. The summed E-state index contributed by atoms with van der Waals surface area (Å²) >= 11 is 12.1. The van der Waals surface area contributed by atoms with Crippen LogP contribution in [0.3, 0.4) is 0 Å². The molecule has 0 saturated heterocycles. The van der Waals surface area contributed by atoms with Gasteiger partial charge in [-0.2, -0.15) is 0 Å². The van der Waals surface area contributed by atoms with Gasteiger partial charge in [-0.3, -0.25) is 9.39 Å². The van der Waals surface area contributed by atoms with Gasteiger partial charge in [0.05, 0.1) is 0 Å². The van der Waals surface area contributed by atoms with Gasteiger partial charge >= 0.3 is 0 Å². The molecule has 0 aliphatic heterocycles. The predicted octanol–water partition coefficient (Wildman–Crippen LogP) is 3.38. The summed E-state index contributed by atoms with van der Waals surface area (Å²) in [5.74, 6) is 1.69. The maximum absolute atomic E-state index is 6.20. The van der Waals surface area contributed by atoms with Crippen LogP contribution in [0, 0.1) is 0 Å². The molecule has 0 atom stereocenters. The van der Waals surface area contributed by atoms with Gasteiger partial charge in [-0.15, -0.1) is 10.2 Å². The van der Waals surface area contributed by atoms with Crippen molar-refractivity contribution in [2.75, 3.05) is 20.1 Å². The summed E-state index contributed by atoms with van der Waals surface area (Å²) in [6.07, 6.45) is 4.55. The molecular formula is C19H22Cl2N6. The van der Waals surface area contributed by atoms with Gasteiger partial charge in [0.15, 0.2) is 11.6 Å². The quantitative estimate of drug-likeness (QED) is 0.359. The van der Waals surface area contributed by atoms with Gasteiger partial charge in [0.1, 0.15) is 5.82 Å². The fourth-order valence-electron chi connectivity index (χ4n) is 2.78. The third-order valence-corrected chi connectivity index (χ3v) is 4.77. The number of guanidine groups is 1. The summed E-state index contributed by atoms with van der Waals surface area (Å²) in [4.78, 5) is 4.25. The van der Waals surface area contributed by atoms with Crippen molar-refractivity contribution in [3.63, 3.8) is 0 Å². The van der Waals surface area contributed by atoms with Crippen molar-refractivity contribution in [1.29, 1.82) is 0 Å². The van der Waals surface area contributed by atoms with Crippen LogP contribution >= 0.6 is 23.2 Å². The molecular weight excluding hydrogens is 383 g/mol. The van der Waals surface area contributed by atoms with Crippen LogP contribution in [0.15, 0.2) is 47.6 Å². The second-order valence-electron chi connectivity index (χ2n) is 6.06. The molecule has 0 radical (unpaired) electrons. The number of benzene rings is 1. The zero-order chi connectivity index (χ0) is 19.1. The molecule has 0 saturated carbocycles. The number of fused-ring (bicyclic) bond motifs is 1. The van der Waals surface area contributed by atoms with Gasteiger partial charge in [0.2, 0.25) is 0 Å². The first-order valence-electron chi connectivity index (χ1n) is 8.84. The molecule has 0 unspecified atom stereocenters. The van der Waals surface area contributed by atoms with Crippen LogP contribution in [0.2, 0.25) is 10.0 Å². The van der Waals surface area contributed by atoms with E-state index in [2.05, 4.69) is 25.8 Å². The highest BCUT2D eigenvalue weighted by Crippen LogP contribution is 2.21. The lowest BCUT2D eigenvalue weighted by molar-refractivity contribution is 0.728. The molecule has 8 heteroatoms. The van der Waals surface area contributed by atoms with Gasteiger partial charge in [-0.1, -0.05) is 35.3 Å². The van der Waals surface area contributed by atoms with E-state index < -0.39 is 0 Å². The van der Waals surface area contributed by atoms with Crippen LogP contribution in [-0.2, 0) is 12.8 Å². The minimum atomic E-state index is 0.659. The van der Waals surface area contributed by atoms with Gasteiger partial charge in [-0.25, -0.2) is 0 Å². The minimum absolute atomic E-state index is 0.659. The summed E-state index contributed by atoms with van der Waals surface area (Å²) in [7, 11) is 1.76. The van der Waals surface area contributed by atoms with Crippen LogP contribution in [0.5, 0.6) is 0 Å². The summed E-state index contributed by atoms with van der Waals surface area (Å²) in [5.41, 5.74) is 1.96. The van der Waals surface area contributed by atoms with E-state index in [4.69, 9.17) is 23.2 Å². The Balaban J connectivity index is 1.40. The number of aromatic nitrogens is 3. The maximum atomic E-state index is 6.20. The van der Waals surface area contributed by atoms with E-state index >= 15 is 0 Å². The number of nitrogens with zero attached hydrogens (tertiary/aromatic N) is 4. The Hall–Kier alpha value is -2.31. The smallest absolute Gasteiger partial charge is 0.190 e. The molecule has 2 heterocycles. The van der Waals surface area contributed by atoms with E-state index in [9.17, 15) is 0 Å². The predicted molar refractivity (Wildman–Crippen MR) is 111 cm³/mol. The molecule has 142 valence electrons. The van der Waals surface area contributed by atoms with Gasteiger partial charge in [0, 0.05) is 42.8 Å². The van der Waals surface area contributed by atoms with Crippen molar-refractivity contribution in [3.05, 3.63) is 64.0 Å². The van der Waals surface area contributed by atoms with Gasteiger partial charge in [-0.05, 0) is 42.7 Å². The van der Waals surface area contributed by atoms with Crippen molar-refractivity contribution >= 4 is 34.8 Å². The first-order chi connectivity index (χ1) is 13.2. The second-order valence-corrected chi connectivity index (χ2v) is 6.90. The van der Waals surface area contributed by atoms with Crippen LogP contribution in [0.4, 0.5) is 0 Å². The summed E-state index contributed by atoms with van der Waals surface area (Å²) in [6, 6.07) is 11.5. The van der Waals surface area contributed by atoms with Crippen molar-refractivity contribution < 1.29 is 0 Å². The van der Waals surface area contributed by atoms with E-state index in [0.717, 1.165) is 55.3 Å². The normalized spacial score (nSPS) is 11.7. The molecule has 2 N–H and O–H groups in total. The average molecular weight is 405 g/mol. The molecule has 0 amide bonds. The number of halogens is 2. The monoisotopic (exact) mass is 404 g/mol. The topological polar surface area (TPSA) is 66.6 Å². The molecule has 0 aliphatic rings. The van der Waals surface area contributed by atoms with Crippen molar-refractivity contribution in [2.45, 2.75) is 19.3 Å². The lowest BCUT2D eigenvalue weighted by Crippen LogP contribution is -2.39. The first kappa shape index (κ1) is 19.5. The van der Waals surface area contributed by atoms with E-state index in [-0.39, 0.29) is 0 Å². The summed E-state index contributed by atoms with van der Waals surface area (Å²) in [5, 5.41) is 16.4. The number of rotatable bonds is 7. The van der Waals surface area contributed by atoms with Gasteiger partial charge in [0.25, 0.3) is 0 Å². The molecule has 0 aliphatic carbocycles. The number of hydrogen-bond donors (Lipinski definition) is 2. The standard InChI is InChI=1S/C19H22Cl2N6/c1-22-19(23-10-4-5-14-7-8-15(20)13-16(14)21)24-11-9-18-26-25-17-6-2-3-12-27(17)18/h2-3,6-8,12-13H,4-5,9-11H2,1H3,(H2,22,23,24). The molecule has 3 aromatic rings. The molecule has 2 aromatic heterocycles. The van der Waals surface area contributed by atoms with Crippen LogP contribution in [0.1, 0.15) is 17.8 Å². The zero-order valence-corrected chi connectivity index (χ0v) is 16.6. The Kier molecular flexibility index (Phi) is 6.90. The first-order valence-corrected chi connectivity index (χ1v) is 9.60. The Morgan fingerprint density at radius 1 is 1.07 bits per heavy atom. The van der Waals surface area contributed by atoms with Crippen molar-refractivity contribution in [2.24, 2.45) is 4.99 Å². The van der Waals surface area contributed by atoms with Crippen LogP contribution < -0.4 is 10.6 Å². The highest BCUT2D eigenvalue weighted by molar-refractivity contribution is 6.35. The lowest BCUT2D eigenvalue weighted by Gasteiger charge is -2.12. The second kappa shape index (κ2) is 9.58. The number of pyridine rings is 1. The number of aryl methyl sites for hydroxylation is 1. The molecule has 27 heavy (non-hydrogen) atoms. The molecule has 0 bridgehead atoms. The molecule has 3 rings (SSSR count).